The van der Waals surface area contributed by atoms with Gasteiger partial charge < -0.3 is 18.1 Å². The zero-order valence-electron chi connectivity index (χ0n) is 36.4. The SMILES string of the molecule is N#Cc1ccc2c(c1)c1cc(-c3ccc4c(c3)c3cc(-c5ccc6c(c5)c5cc(C#N)ccc5n6-c5ccccc5)ccc3n4-c3ccc4oc5ccccc5c4c3)ccc1n2-c1ccccc1. The Kier molecular flexibility index (Phi) is 8.01. The van der Waals surface area contributed by atoms with Gasteiger partial charge in [-0.1, -0.05) is 78.9 Å². The van der Waals surface area contributed by atoms with Crippen LogP contribution in [-0.4, -0.2) is 13.7 Å². The number of hydrogen-bond donors (Lipinski definition) is 0. The van der Waals surface area contributed by atoms with E-state index in [2.05, 4.69) is 190 Å². The Hall–Kier alpha value is -9.62. The molecule has 0 radical (unpaired) electrons. The van der Waals surface area contributed by atoms with Crippen LogP contribution in [0.15, 0.2) is 217 Å². The zero-order chi connectivity index (χ0) is 45.0. The molecular formula is C62H35N5O. The molecule has 4 heterocycles. The van der Waals surface area contributed by atoms with Crippen molar-refractivity contribution in [1.29, 1.82) is 10.5 Å². The van der Waals surface area contributed by atoms with Crippen LogP contribution in [0.1, 0.15) is 11.1 Å². The van der Waals surface area contributed by atoms with Crippen LogP contribution in [0.2, 0.25) is 0 Å². The molecular weight excluding hydrogens is 831 g/mol. The third kappa shape index (κ3) is 5.56. The summed E-state index contributed by atoms with van der Waals surface area (Å²) in [6.45, 7) is 0. The Bertz CT molecular complexity index is 4280. The molecule has 14 aromatic rings. The van der Waals surface area contributed by atoms with Gasteiger partial charge in [0.05, 0.1) is 56.4 Å². The summed E-state index contributed by atoms with van der Waals surface area (Å²) in [4.78, 5) is 0. The van der Waals surface area contributed by atoms with Crippen LogP contribution in [0.5, 0.6) is 0 Å². The van der Waals surface area contributed by atoms with Crippen molar-refractivity contribution in [2.45, 2.75) is 0 Å². The van der Waals surface area contributed by atoms with Crippen molar-refractivity contribution in [2.75, 3.05) is 0 Å². The molecule has 0 unspecified atom stereocenters. The summed E-state index contributed by atoms with van der Waals surface area (Å²) in [5.41, 5.74) is 17.1. The molecule has 0 saturated heterocycles. The zero-order valence-corrected chi connectivity index (χ0v) is 36.4. The van der Waals surface area contributed by atoms with Gasteiger partial charge in [0.25, 0.3) is 0 Å². The van der Waals surface area contributed by atoms with Crippen LogP contribution in [0.25, 0.3) is 127 Å². The highest BCUT2D eigenvalue weighted by molar-refractivity contribution is 6.15. The number of nitriles is 2. The smallest absolute Gasteiger partial charge is 0.135 e. The number of furan rings is 1. The second-order valence-corrected chi connectivity index (χ2v) is 17.6. The highest BCUT2D eigenvalue weighted by Gasteiger charge is 2.20. The summed E-state index contributed by atoms with van der Waals surface area (Å²) < 4.78 is 13.2. The predicted octanol–water partition coefficient (Wildman–Crippen LogP) is 16.0. The molecule has 0 saturated carbocycles. The Morgan fingerprint density at radius 2 is 0.647 bits per heavy atom. The van der Waals surface area contributed by atoms with Crippen LogP contribution in [-0.2, 0) is 0 Å². The minimum atomic E-state index is 0.634. The molecule has 314 valence electrons. The second kappa shape index (κ2) is 14.4. The number of hydrogen-bond acceptors (Lipinski definition) is 3. The van der Waals surface area contributed by atoms with E-state index in [0.717, 1.165) is 127 Å². The van der Waals surface area contributed by atoms with Crippen LogP contribution >= 0.6 is 0 Å². The molecule has 0 aliphatic rings. The van der Waals surface area contributed by atoms with Crippen LogP contribution in [0.3, 0.4) is 0 Å². The van der Waals surface area contributed by atoms with Crippen molar-refractivity contribution in [3.05, 3.63) is 223 Å². The third-order valence-electron chi connectivity index (χ3n) is 13.9. The summed E-state index contributed by atoms with van der Waals surface area (Å²) in [6, 6.07) is 79.3. The van der Waals surface area contributed by atoms with Gasteiger partial charge >= 0.3 is 0 Å². The van der Waals surface area contributed by atoms with Gasteiger partial charge in [-0.3, -0.25) is 0 Å². The van der Waals surface area contributed by atoms with Crippen molar-refractivity contribution in [2.24, 2.45) is 0 Å². The van der Waals surface area contributed by atoms with Gasteiger partial charge in [-0.05, 0) is 156 Å². The highest BCUT2D eigenvalue weighted by atomic mass is 16.3. The van der Waals surface area contributed by atoms with E-state index in [1.165, 1.54) is 0 Å². The summed E-state index contributed by atoms with van der Waals surface area (Å²) in [5.74, 6) is 0. The minimum absolute atomic E-state index is 0.634. The van der Waals surface area contributed by atoms with Gasteiger partial charge in [0, 0.05) is 60.2 Å². The number of rotatable bonds is 5. The van der Waals surface area contributed by atoms with E-state index < -0.39 is 0 Å². The van der Waals surface area contributed by atoms with Crippen molar-refractivity contribution in [3.63, 3.8) is 0 Å². The lowest BCUT2D eigenvalue weighted by molar-refractivity contribution is 0.669. The van der Waals surface area contributed by atoms with E-state index in [4.69, 9.17) is 4.42 Å². The lowest BCUT2D eigenvalue weighted by Crippen LogP contribution is -1.94. The van der Waals surface area contributed by atoms with Gasteiger partial charge in [-0.25, -0.2) is 0 Å². The Morgan fingerprint density at radius 1 is 0.279 bits per heavy atom. The first-order valence-electron chi connectivity index (χ1n) is 22.7. The Labute approximate surface area is 389 Å². The molecule has 0 aliphatic carbocycles. The van der Waals surface area contributed by atoms with Crippen molar-refractivity contribution >= 4 is 87.4 Å². The molecule has 0 aliphatic heterocycles. The maximum absolute atomic E-state index is 9.95. The first-order chi connectivity index (χ1) is 33.6. The number of fused-ring (bicyclic) bond motifs is 12. The molecule has 10 aromatic carbocycles. The summed E-state index contributed by atoms with van der Waals surface area (Å²) >= 11 is 0. The quantitative estimate of drug-likeness (QED) is 0.173. The highest BCUT2D eigenvalue weighted by Crippen LogP contribution is 2.42. The molecule has 14 rings (SSSR count). The van der Waals surface area contributed by atoms with Gasteiger partial charge in [0.2, 0.25) is 0 Å². The molecule has 0 fully saturated rings. The van der Waals surface area contributed by atoms with E-state index in [1.54, 1.807) is 0 Å². The molecule has 0 bridgehead atoms. The molecule has 0 spiro atoms. The van der Waals surface area contributed by atoms with Crippen LogP contribution in [0.4, 0.5) is 0 Å². The standard InChI is InChI=1S/C62H35N5O/c63-36-38-15-22-55-48(29-38)50-31-40(17-24-57(50)65(55)44-9-3-1-4-10-44)42-19-26-59-52(33-42)53-34-43(20-27-60(53)67(59)46-21-28-62-54(35-46)47-13-7-8-14-61(47)68-62)41-18-25-58-51(32-41)49-30-39(37-64)16-23-56(49)66(58)45-11-5-2-6-12-45/h1-35H. The largest absolute Gasteiger partial charge is 0.456 e. The predicted molar refractivity (Wildman–Crippen MR) is 277 cm³/mol. The first kappa shape index (κ1) is 37.7. The average Bonchev–Trinajstić information content (AvgIpc) is 4.14. The molecule has 4 aromatic heterocycles. The average molecular weight is 866 g/mol. The van der Waals surface area contributed by atoms with Crippen molar-refractivity contribution in [3.8, 4) is 51.5 Å². The second-order valence-electron chi connectivity index (χ2n) is 17.6. The maximum atomic E-state index is 9.95. The minimum Gasteiger partial charge on any atom is -0.456 e. The summed E-state index contributed by atoms with van der Waals surface area (Å²) in [6.07, 6.45) is 0. The molecule has 6 heteroatoms. The third-order valence-corrected chi connectivity index (χ3v) is 13.9. The van der Waals surface area contributed by atoms with Crippen molar-refractivity contribution in [1.82, 2.24) is 13.7 Å². The number of nitrogens with zero attached hydrogens (tertiary/aromatic N) is 5. The topological polar surface area (TPSA) is 75.5 Å². The first-order valence-corrected chi connectivity index (χ1v) is 22.7. The lowest BCUT2D eigenvalue weighted by atomic mass is 9.98. The van der Waals surface area contributed by atoms with E-state index in [9.17, 15) is 10.5 Å². The van der Waals surface area contributed by atoms with Gasteiger partial charge in [0.15, 0.2) is 0 Å². The number of aromatic nitrogens is 3. The Morgan fingerprint density at radius 3 is 1.09 bits per heavy atom. The van der Waals surface area contributed by atoms with E-state index in [0.29, 0.717) is 11.1 Å². The van der Waals surface area contributed by atoms with E-state index in [-0.39, 0.29) is 0 Å². The lowest BCUT2D eigenvalue weighted by Gasteiger charge is -2.10. The number of para-hydroxylation sites is 3. The van der Waals surface area contributed by atoms with E-state index in [1.807, 2.05) is 48.5 Å². The normalized spacial score (nSPS) is 11.8. The summed E-state index contributed by atoms with van der Waals surface area (Å²) in [7, 11) is 0. The van der Waals surface area contributed by atoms with Gasteiger partial charge in [0.1, 0.15) is 11.2 Å². The molecule has 68 heavy (non-hydrogen) atoms. The van der Waals surface area contributed by atoms with Crippen molar-refractivity contribution < 1.29 is 4.42 Å². The fourth-order valence-electron chi connectivity index (χ4n) is 10.8. The van der Waals surface area contributed by atoms with E-state index >= 15 is 0 Å². The fraction of sp³-hybridized carbons (Fsp3) is 0. The Balaban J connectivity index is 0.991. The van der Waals surface area contributed by atoms with Gasteiger partial charge in [-0.15, -0.1) is 0 Å². The van der Waals surface area contributed by atoms with Crippen LogP contribution in [0, 0.1) is 22.7 Å². The summed E-state index contributed by atoms with van der Waals surface area (Å²) in [5, 5.41) is 28.6. The number of benzene rings is 10. The fourth-order valence-corrected chi connectivity index (χ4v) is 10.8. The van der Waals surface area contributed by atoms with Gasteiger partial charge in [-0.2, -0.15) is 10.5 Å². The molecule has 6 nitrogen and oxygen atoms in total. The molecule has 0 amide bonds. The van der Waals surface area contributed by atoms with Crippen LogP contribution < -0.4 is 0 Å². The molecule has 0 atom stereocenters. The maximum Gasteiger partial charge on any atom is 0.135 e. The molecule has 0 N–H and O–H groups in total. The monoisotopic (exact) mass is 865 g/mol.